The zero-order valence-corrected chi connectivity index (χ0v) is 15.2. The number of alkyl halides is 2. The molecule has 9 heteroatoms. The number of ether oxygens (including phenoxy) is 1. The molecule has 0 spiro atoms. The van der Waals surface area contributed by atoms with Gasteiger partial charge in [0.15, 0.2) is 17.5 Å². The fourth-order valence-electron chi connectivity index (χ4n) is 3.31. The SMILES string of the molecule is Fc1cc(OC(F)(F)c2c(F)cc(C3CCC(S)CC3)cc2F)cc(F)c1F. The molecule has 1 fully saturated rings. The van der Waals surface area contributed by atoms with E-state index in [0.717, 1.165) is 25.0 Å². The van der Waals surface area contributed by atoms with Gasteiger partial charge in [-0.05, 0) is 49.3 Å². The molecular weight excluding hydrogens is 409 g/mol. The van der Waals surface area contributed by atoms with E-state index < -0.39 is 46.5 Å². The Balaban J connectivity index is 1.89. The normalized spacial score (nSPS) is 20.3. The van der Waals surface area contributed by atoms with Gasteiger partial charge in [-0.15, -0.1) is 0 Å². The van der Waals surface area contributed by atoms with Gasteiger partial charge < -0.3 is 4.74 Å². The van der Waals surface area contributed by atoms with Gasteiger partial charge in [0.2, 0.25) is 0 Å². The molecule has 0 radical (unpaired) electrons. The Morgan fingerprint density at radius 2 is 1.29 bits per heavy atom. The summed E-state index contributed by atoms with van der Waals surface area (Å²) < 4.78 is 101. The van der Waals surface area contributed by atoms with E-state index in [9.17, 15) is 30.7 Å². The molecule has 0 N–H and O–H groups in total. The minimum Gasteiger partial charge on any atom is -0.429 e. The number of rotatable bonds is 4. The van der Waals surface area contributed by atoms with Crippen molar-refractivity contribution in [1.29, 1.82) is 0 Å². The summed E-state index contributed by atoms with van der Waals surface area (Å²) in [7, 11) is 0. The smallest absolute Gasteiger partial charge is 0.429 e. The first-order valence-electron chi connectivity index (χ1n) is 8.47. The summed E-state index contributed by atoms with van der Waals surface area (Å²) in [4.78, 5) is 0. The lowest BCUT2D eigenvalue weighted by molar-refractivity contribution is -0.189. The van der Waals surface area contributed by atoms with Gasteiger partial charge in [-0.25, -0.2) is 22.0 Å². The first-order valence-corrected chi connectivity index (χ1v) is 8.99. The van der Waals surface area contributed by atoms with Crippen LogP contribution in [0.4, 0.5) is 30.7 Å². The van der Waals surface area contributed by atoms with Crippen molar-refractivity contribution in [3.05, 3.63) is 64.5 Å². The molecule has 2 aromatic carbocycles. The van der Waals surface area contributed by atoms with Crippen molar-refractivity contribution in [1.82, 2.24) is 0 Å². The lowest BCUT2D eigenvalue weighted by Crippen LogP contribution is -2.26. The molecule has 1 aliphatic carbocycles. The van der Waals surface area contributed by atoms with Gasteiger partial charge in [0.1, 0.15) is 22.9 Å². The summed E-state index contributed by atoms with van der Waals surface area (Å²) in [6.45, 7) is 0. The summed E-state index contributed by atoms with van der Waals surface area (Å²) in [5.41, 5.74) is -1.45. The van der Waals surface area contributed by atoms with Crippen LogP contribution in [0.25, 0.3) is 0 Å². The van der Waals surface area contributed by atoms with E-state index >= 15 is 0 Å². The molecule has 3 rings (SSSR count). The van der Waals surface area contributed by atoms with Gasteiger partial charge in [0.25, 0.3) is 0 Å². The third-order valence-corrected chi connectivity index (χ3v) is 5.24. The van der Waals surface area contributed by atoms with Gasteiger partial charge in [0.05, 0.1) is 0 Å². The van der Waals surface area contributed by atoms with Crippen molar-refractivity contribution in [3.63, 3.8) is 0 Å². The fourth-order valence-corrected chi connectivity index (χ4v) is 3.60. The highest BCUT2D eigenvalue weighted by atomic mass is 32.1. The molecule has 0 amide bonds. The first-order chi connectivity index (χ1) is 13.1. The van der Waals surface area contributed by atoms with E-state index in [0.29, 0.717) is 12.8 Å². The van der Waals surface area contributed by atoms with Crippen LogP contribution in [-0.4, -0.2) is 5.25 Å². The van der Waals surface area contributed by atoms with Gasteiger partial charge in [0, 0.05) is 17.4 Å². The van der Waals surface area contributed by atoms with Gasteiger partial charge in [-0.2, -0.15) is 21.4 Å². The van der Waals surface area contributed by atoms with E-state index in [1.54, 1.807) is 0 Å². The highest BCUT2D eigenvalue weighted by Gasteiger charge is 2.42. The summed E-state index contributed by atoms with van der Waals surface area (Å²) in [6, 6.07) is 1.94. The highest BCUT2D eigenvalue weighted by molar-refractivity contribution is 7.80. The molecule has 0 saturated heterocycles. The molecule has 28 heavy (non-hydrogen) atoms. The predicted octanol–water partition coefficient (Wildman–Crippen LogP) is 6.47. The van der Waals surface area contributed by atoms with Gasteiger partial charge in [-0.1, -0.05) is 0 Å². The number of hydrogen-bond donors (Lipinski definition) is 1. The average Bonchev–Trinajstić information content (AvgIpc) is 2.59. The second-order valence-corrected chi connectivity index (χ2v) is 7.42. The lowest BCUT2D eigenvalue weighted by Gasteiger charge is -2.27. The van der Waals surface area contributed by atoms with Crippen LogP contribution in [0.5, 0.6) is 5.75 Å². The van der Waals surface area contributed by atoms with Crippen molar-refractivity contribution in [2.75, 3.05) is 0 Å². The minimum absolute atomic E-state index is 0.159. The maximum atomic E-state index is 14.3. The quantitative estimate of drug-likeness (QED) is 0.336. The Labute approximate surface area is 161 Å². The van der Waals surface area contributed by atoms with Crippen molar-refractivity contribution < 1.29 is 35.5 Å². The molecule has 2 aromatic rings. The summed E-state index contributed by atoms with van der Waals surface area (Å²) in [5, 5.41) is 0.194. The molecule has 0 aliphatic heterocycles. The van der Waals surface area contributed by atoms with Crippen LogP contribution in [-0.2, 0) is 6.11 Å². The highest BCUT2D eigenvalue weighted by Crippen LogP contribution is 2.40. The maximum Gasteiger partial charge on any atom is 0.432 e. The Kier molecular flexibility index (Phi) is 5.84. The lowest BCUT2D eigenvalue weighted by atomic mass is 9.83. The van der Waals surface area contributed by atoms with Crippen LogP contribution < -0.4 is 4.74 Å². The van der Waals surface area contributed by atoms with Crippen molar-refractivity contribution in [3.8, 4) is 5.75 Å². The minimum atomic E-state index is -4.58. The third kappa shape index (κ3) is 4.24. The van der Waals surface area contributed by atoms with Crippen LogP contribution in [0.1, 0.15) is 42.7 Å². The molecule has 0 atom stereocenters. The van der Waals surface area contributed by atoms with E-state index in [1.165, 1.54) is 0 Å². The van der Waals surface area contributed by atoms with Crippen molar-refractivity contribution in [2.45, 2.75) is 43.0 Å². The molecule has 1 aliphatic rings. The van der Waals surface area contributed by atoms with Crippen LogP contribution in [0, 0.1) is 29.1 Å². The predicted molar refractivity (Wildman–Crippen MR) is 91.2 cm³/mol. The number of benzene rings is 2. The number of hydrogen-bond acceptors (Lipinski definition) is 2. The summed E-state index contributed by atoms with van der Waals surface area (Å²) >= 11 is 4.34. The van der Waals surface area contributed by atoms with Crippen LogP contribution in [0.3, 0.4) is 0 Å². The van der Waals surface area contributed by atoms with Crippen LogP contribution >= 0.6 is 12.6 Å². The Morgan fingerprint density at radius 3 is 1.79 bits per heavy atom. The first kappa shape index (κ1) is 20.8. The molecule has 1 saturated carbocycles. The van der Waals surface area contributed by atoms with E-state index in [2.05, 4.69) is 17.4 Å². The Hall–Kier alpha value is -1.90. The van der Waals surface area contributed by atoms with E-state index in [4.69, 9.17) is 0 Å². The maximum absolute atomic E-state index is 14.3. The molecule has 152 valence electrons. The third-order valence-electron chi connectivity index (χ3n) is 4.73. The summed E-state index contributed by atoms with van der Waals surface area (Å²) in [5.74, 6) is -9.82. The number of thiol groups is 1. The zero-order valence-electron chi connectivity index (χ0n) is 14.3. The standard InChI is InChI=1S/C19H15F7OS/c20-13-5-10(9-1-3-12(28)4-2-9)6-14(21)17(13)19(25,26)27-11-7-15(22)18(24)16(23)8-11/h5-9,12,28H,1-4H2. The van der Waals surface area contributed by atoms with Crippen molar-refractivity contribution >= 4 is 12.6 Å². The second kappa shape index (κ2) is 7.85. The average molecular weight is 424 g/mol. The summed E-state index contributed by atoms with van der Waals surface area (Å²) in [6.07, 6.45) is -1.87. The molecule has 0 heterocycles. The topological polar surface area (TPSA) is 9.23 Å². The van der Waals surface area contributed by atoms with Crippen LogP contribution in [0.2, 0.25) is 0 Å². The van der Waals surface area contributed by atoms with Gasteiger partial charge >= 0.3 is 6.11 Å². The molecule has 0 bridgehead atoms. The Morgan fingerprint density at radius 1 is 0.786 bits per heavy atom. The molecule has 0 aromatic heterocycles. The van der Waals surface area contributed by atoms with E-state index in [1.807, 2.05) is 0 Å². The molecule has 0 unspecified atom stereocenters. The number of halogens is 7. The largest absolute Gasteiger partial charge is 0.432 e. The van der Waals surface area contributed by atoms with Crippen molar-refractivity contribution in [2.24, 2.45) is 0 Å². The zero-order chi connectivity index (χ0) is 20.6. The van der Waals surface area contributed by atoms with E-state index in [-0.39, 0.29) is 28.9 Å². The van der Waals surface area contributed by atoms with Gasteiger partial charge in [-0.3, -0.25) is 0 Å². The molecule has 1 nitrogen and oxygen atoms in total. The molecular formula is C19H15F7OS. The Bertz CT molecular complexity index is 833. The second-order valence-electron chi connectivity index (χ2n) is 6.68. The fraction of sp³-hybridized carbons (Fsp3) is 0.368. The van der Waals surface area contributed by atoms with Crippen LogP contribution in [0.15, 0.2) is 24.3 Å². The monoisotopic (exact) mass is 424 g/mol.